The highest BCUT2D eigenvalue weighted by Crippen LogP contribution is 2.22. The molecule has 0 aliphatic rings. The van der Waals surface area contributed by atoms with Crippen molar-refractivity contribution in [3.63, 3.8) is 0 Å². The maximum Gasteiger partial charge on any atom is 0.164 e. The molecule has 3 aromatic rings. The summed E-state index contributed by atoms with van der Waals surface area (Å²) in [5.74, 6) is 1.49. The maximum atomic E-state index is 4.33. The van der Waals surface area contributed by atoms with Gasteiger partial charge in [-0.05, 0) is 40.2 Å². The van der Waals surface area contributed by atoms with Gasteiger partial charge in [-0.1, -0.05) is 28.1 Å². The van der Waals surface area contributed by atoms with E-state index in [9.17, 15) is 0 Å². The Bertz CT molecular complexity index is 707. The second-order valence-corrected chi connectivity index (χ2v) is 5.67. The Labute approximate surface area is 126 Å². The number of benzene rings is 1. The summed E-state index contributed by atoms with van der Waals surface area (Å²) in [4.78, 5) is 8.64. The molecule has 6 heteroatoms. The fraction of sp³-hybridized carbons (Fsp3) is 0. The lowest BCUT2D eigenvalue weighted by molar-refractivity contribution is 0.852. The summed E-state index contributed by atoms with van der Waals surface area (Å²) in [5.41, 5.74) is 0.983. The second kappa shape index (κ2) is 5.22. The number of aromatic nitrogens is 4. The van der Waals surface area contributed by atoms with Gasteiger partial charge in [-0.15, -0.1) is 0 Å². The van der Waals surface area contributed by atoms with Gasteiger partial charge in [-0.25, -0.2) is 9.97 Å². The Balaban J connectivity index is 2.10. The van der Waals surface area contributed by atoms with Gasteiger partial charge in [-0.3, -0.25) is 0 Å². The van der Waals surface area contributed by atoms with Gasteiger partial charge in [0, 0.05) is 20.7 Å². The normalized spacial score (nSPS) is 10.6. The standard InChI is InChI=1S/C13H8Br2N4/c14-10-3-1-2-9(6-10)13-17-8-18-19(13)12-5-4-11(15)7-16-12/h1-8H. The molecule has 0 amide bonds. The molecule has 0 saturated heterocycles. The van der Waals surface area contributed by atoms with Gasteiger partial charge in [0.2, 0.25) is 0 Å². The lowest BCUT2D eigenvalue weighted by Crippen LogP contribution is -2.01. The van der Waals surface area contributed by atoms with E-state index < -0.39 is 0 Å². The molecule has 94 valence electrons. The topological polar surface area (TPSA) is 43.6 Å². The molecule has 4 nitrogen and oxygen atoms in total. The fourth-order valence-electron chi connectivity index (χ4n) is 1.73. The smallest absolute Gasteiger partial charge is 0.164 e. The molecule has 0 fully saturated rings. The zero-order valence-corrected chi connectivity index (χ0v) is 12.8. The van der Waals surface area contributed by atoms with E-state index in [0.29, 0.717) is 0 Å². The van der Waals surface area contributed by atoms with Crippen molar-refractivity contribution in [1.29, 1.82) is 0 Å². The van der Waals surface area contributed by atoms with Crippen molar-refractivity contribution >= 4 is 31.9 Å². The van der Waals surface area contributed by atoms with Crippen LogP contribution in [-0.2, 0) is 0 Å². The molecule has 0 spiro atoms. The quantitative estimate of drug-likeness (QED) is 0.679. The molecule has 0 aliphatic carbocycles. The van der Waals surface area contributed by atoms with Crippen molar-refractivity contribution in [2.24, 2.45) is 0 Å². The number of pyridine rings is 1. The average molecular weight is 380 g/mol. The first-order valence-electron chi connectivity index (χ1n) is 5.52. The summed E-state index contributed by atoms with van der Waals surface area (Å²) in [6, 6.07) is 11.7. The summed E-state index contributed by atoms with van der Waals surface area (Å²) < 4.78 is 3.65. The van der Waals surface area contributed by atoms with Gasteiger partial charge in [0.15, 0.2) is 11.6 Å². The molecule has 0 radical (unpaired) electrons. The number of rotatable bonds is 2. The van der Waals surface area contributed by atoms with Crippen molar-refractivity contribution in [3.8, 4) is 17.2 Å². The maximum absolute atomic E-state index is 4.33. The number of nitrogens with zero attached hydrogens (tertiary/aromatic N) is 4. The number of halogens is 2. The van der Waals surface area contributed by atoms with Crippen LogP contribution < -0.4 is 0 Å². The summed E-state index contributed by atoms with van der Waals surface area (Å²) in [5, 5.41) is 4.23. The van der Waals surface area contributed by atoms with Crippen LogP contribution in [0.1, 0.15) is 0 Å². The van der Waals surface area contributed by atoms with Crippen LogP contribution in [0.4, 0.5) is 0 Å². The van der Waals surface area contributed by atoms with Crippen LogP contribution in [0.2, 0.25) is 0 Å². The Morgan fingerprint density at radius 3 is 2.58 bits per heavy atom. The SMILES string of the molecule is Brc1ccc(-n2ncnc2-c2cccc(Br)c2)nc1. The van der Waals surface area contributed by atoms with Crippen molar-refractivity contribution in [2.45, 2.75) is 0 Å². The zero-order valence-electron chi connectivity index (χ0n) is 9.66. The predicted molar refractivity (Wildman–Crippen MR) is 80.0 cm³/mol. The monoisotopic (exact) mass is 378 g/mol. The van der Waals surface area contributed by atoms with Gasteiger partial charge >= 0.3 is 0 Å². The minimum absolute atomic E-state index is 0.732. The molecule has 1 aromatic carbocycles. The van der Waals surface area contributed by atoms with E-state index in [-0.39, 0.29) is 0 Å². The highest BCUT2D eigenvalue weighted by Gasteiger charge is 2.10. The molecule has 2 aromatic heterocycles. The van der Waals surface area contributed by atoms with Crippen LogP contribution in [0.3, 0.4) is 0 Å². The van der Waals surface area contributed by atoms with Crippen LogP contribution >= 0.6 is 31.9 Å². The fourth-order valence-corrected chi connectivity index (χ4v) is 2.36. The lowest BCUT2D eigenvalue weighted by atomic mass is 10.2. The average Bonchev–Trinajstić information content (AvgIpc) is 2.89. The summed E-state index contributed by atoms with van der Waals surface area (Å²) >= 11 is 6.83. The minimum atomic E-state index is 0.732. The minimum Gasteiger partial charge on any atom is -0.236 e. The molecular weight excluding hydrogens is 372 g/mol. The van der Waals surface area contributed by atoms with Gasteiger partial charge in [0.1, 0.15) is 6.33 Å². The van der Waals surface area contributed by atoms with Crippen molar-refractivity contribution in [1.82, 2.24) is 19.7 Å². The van der Waals surface area contributed by atoms with Crippen LogP contribution in [-0.4, -0.2) is 19.7 Å². The van der Waals surface area contributed by atoms with E-state index >= 15 is 0 Å². The van der Waals surface area contributed by atoms with E-state index in [1.807, 2.05) is 36.4 Å². The third kappa shape index (κ3) is 2.59. The van der Waals surface area contributed by atoms with Gasteiger partial charge in [0.25, 0.3) is 0 Å². The summed E-state index contributed by atoms with van der Waals surface area (Å²) in [6.07, 6.45) is 3.27. The van der Waals surface area contributed by atoms with E-state index in [1.165, 1.54) is 6.33 Å². The van der Waals surface area contributed by atoms with Crippen LogP contribution in [0, 0.1) is 0 Å². The number of hydrogen-bond donors (Lipinski definition) is 0. The largest absolute Gasteiger partial charge is 0.236 e. The Morgan fingerprint density at radius 2 is 1.84 bits per heavy atom. The highest BCUT2D eigenvalue weighted by molar-refractivity contribution is 9.10. The van der Waals surface area contributed by atoms with E-state index in [2.05, 4.69) is 46.9 Å². The van der Waals surface area contributed by atoms with Gasteiger partial charge in [0.05, 0.1) is 0 Å². The lowest BCUT2D eigenvalue weighted by Gasteiger charge is -2.05. The Hall–Kier alpha value is -1.53. The van der Waals surface area contributed by atoms with Gasteiger partial charge in [-0.2, -0.15) is 9.78 Å². The van der Waals surface area contributed by atoms with Crippen molar-refractivity contribution in [3.05, 3.63) is 57.9 Å². The third-order valence-electron chi connectivity index (χ3n) is 2.56. The summed E-state index contributed by atoms with van der Waals surface area (Å²) in [6.45, 7) is 0. The molecular formula is C13H8Br2N4. The van der Waals surface area contributed by atoms with Crippen LogP contribution in [0.5, 0.6) is 0 Å². The molecule has 3 rings (SSSR count). The van der Waals surface area contributed by atoms with Crippen molar-refractivity contribution < 1.29 is 0 Å². The van der Waals surface area contributed by atoms with E-state index in [1.54, 1.807) is 10.9 Å². The second-order valence-electron chi connectivity index (χ2n) is 3.84. The molecule has 2 heterocycles. The van der Waals surface area contributed by atoms with Crippen molar-refractivity contribution in [2.75, 3.05) is 0 Å². The van der Waals surface area contributed by atoms with E-state index in [4.69, 9.17) is 0 Å². The summed E-state index contributed by atoms with van der Waals surface area (Å²) in [7, 11) is 0. The predicted octanol–water partition coefficient (Wildman–Crippen LogP) is 3.85. The molecule has 0 aliphatic heterocycles. The molecule has 0 N–H and O–H groups in total. The molecule has 0 atom stereocenters. The molecule has 0 unspecified atom stereocenters. The Morgan fingerprint density at radius 1 is 0.947 bits per heavy atom. The first-order valence-corrected chi connectivity index (χ1v) is 7.10. The third-order valence-corrected chi connectivity index (χ3v) is 3.52. The highest BCUT2D eigenvalue weighted by atomic mass is 79.9. The first-order chi connectivity index (χ1) is 9.24. The van der Waals surface area contributed by atoms with Crippen LogP contribution in [0.15, 0.2) is 57.9 Å². The molecule has 0 bridgehead atoms. The Kier molecular flexibility index (Phi) is 3.44. The van der Waals surface area contributed by atoms with E-state index in [0.717, 1.165) is 26.2 Å². The van der Waals surface area contributed by atoms with Gasteiger partial charge < -0.3 is 0 Å². The molecule has 19 heavy (non-hydrogen) atoms. The number of hydrogen-bond acceptors (Lipinski definition) is 3. The van der Waals surface area contributed by atoms with Crippen LogP contribution in [0.25, 0.3) is 17.2 Å². The first kappa shape index (κ1) is 12.5. The zero-order chi connectivity index (χ0) is 13.2. The molecule has 0 saturated carbocycles.